The highest BCUT2D eigenvalue weighted by Gasteiger charge is 2.28. The van der Waals surface area contributed by atoms with Crippen LogP contribution in [-0.2, 0) is 9.47 Å². The molecular weight excluding hydrogens is 366 g/mol. The van der Waals surface area contributed by atoms with Gasteiger partial charge in [0.25, 0.3) is 0 Å². The van der Waals surface area contributed by atoms with E-state index < -0.39 is 23.8 Å². The normalized spacial score (nSPS) is 13.1. The lowest BCUT2D eigenvalue weighted by Gasteiger charge is -2.12. The second kappa shape index (κ2) is 7.75. The van der Waals surface area contributed by atoms with Crippen LogP contribution in [0.4, 0.5) is 0 Å². The predicted octanol–water partition coefficient (Wildman–Crippen LogP) is 2.97. The molecule has 1 aliphatic rings. The lowest BCUT2D eigenvalue weighted by atomic mass is 10.1. The van der Waals surface area contributed by atoms with Crippen molar-refractivity contribution in [1.82, 2.24) is 4.98 Å². The lowest BCUT2D eigenvalue weighted by molar-refractivity contribution is 0.0316. The minimum atomic E-state index is -1.05. The number of rotatable bonds is 6. The van der Waals surface area contributed by atoms with Crippen LogP contribution in [0.5, 0.6) is 11.5 Å². The fourth-order valence-corrected chi connectivity index (χ4v) is 3.01. The van der Waals surface area contributed by atoms with Gasteiger partial charge in [-0.1, -0.05) is 0 Å². The van der Waals surface area contributed by atoms with E-state index in [-0.39, 0.29) is 24.7 Å². The molecule has 1 aromatic carbocycles. The number of Topliss-reactive ketones (excluding diaryl/α,β-unsaturated/α-hetero) is 1. The summed E-state index contributed by atoms with van der Waals surface area (Å²) >= 11 is 0. The quantitative estimate of drug-likeness (QED) is 0.600. The van der Waals surface area contributed by atoms with Gasteiger partial charge in [-0.25, -0.2) is 9.59 Å². The predicted molar refractivity (Wildman–Crippen MR) is 98.0 cm³/mol. The lowest BCUT2D eigenvalue weighted by Crippen LogP contribution is -2.25. The Kier molecular flexibility index (Phi) is 5.39. The van der Waals surface area contributed by atoms with Crippen molar-refractivity contribution < 1.29 is 33.3 Å². The summed E-state index contributed by atoms with van der Waals surface area (Å²) in [5.74, 6) is -0.609. The second-order valence-corrected chi connectivity index (χ2v) is 6.33. The van der Waals surface area contributed by atoms with Crippen LogP contribution in [-0.4, -0.2) is 42.2 Å². The average molecular weight is 387 g/mol. The van der Waals surface area contributed by atoms with Crippen molar-refractivity contribution in [1.29, 1.82) is 0 Å². The molecule has 2 heterocycles. The molecule has 0 saturated carbocycles. The summed E-state index contributed by atoms with van der Waals surface area (Å²) in [6.45, 7) is 6.84. The molecule has 0 amide bonds. The van der Waals surface area contributed by atoms with Gasteiger partial charge in [-0.3, -0.25) is 4.79 Å². The zero-order valence-corrected chi connectivity index (χ0v) is 16.1. The number of ether oxygens (including phenoxy) is 4. The highest BCUT2D eigenvalue weighted by atomic mass is 16.7. The van der Waals surface area contributed by atoms with Crippen LogP contribution in [0, 0.1) is 13.8 Å². The number of aryl methyl sites for hydroxylation is 1. The molecule has 8 heteroatoms. The number of ketones is 1. The molecule has 2 aromatic rings. The molecule has 0 radical (unpaired) electrons. The summed E-state index contributed by atoms with van der Waals surface area (Å²) in [7, 11) is 0. The minimum absolute atomic E-state index is 0.0942. The number of benzene rings is 1. The van der Waals surface area contributed by atoms with E-state index in [2.05, 4.69) is 4.98 Å². The van der Waals surface area contributed by atoms with Crippen LogP contribution in [0.1, 0.15) is 56.3 Å². The first-order chi connectivity index (χ1) is 13.3. The zero-order chi connectivity index (χ0) is 20.4. The Morgan fingerprint density at radius 2 is 1.86 bits per heavy atom. The first-order valence-corrected chi connectivity index (χ1v) is 8.84. The molecule has 0 bridgehead atoms. The third kappa shape index (κ3) is 3.58. The molecular formula is C20H21NO7. The van der Waals surface area contributed by atoms with Crippen molar-refractivity contribution in [3.8, 4) is 11.5 Å². The third-order valence-corrected chi connectivity index (χ3v) is 4.42. The molecule has 1 aromatic heterocycles. The zero-order valence-electron chi connectivity index (χ0n) is 16.1. The number of aromatic amines is 1. The standard InChI is InChI=1S/C20H21NO7/c1-5-25-20(24)16-10(2)17(21-11(16)3)18(22)12(4)28-19(23)13-6-7-14-15(8-13)27-9-26-14/h6-8,12,21H,5,9H2,1-4H3/t12-/m0/s1. The monoisotopic (exact) mass is 387 g/mol. The van der Waals surface area contributed by atoms with E-state index >= 15 is 0 Å². The van der Waals surface area contributed by atoms with Gasteiger partial charge < -0.3 is 23.9 Å². The van der Waals surface area contributed by atoms with Gasteiger partial charge in [0.2, 0.25) is 12.6 Å². The summed E-state index contributed by atoms with van der Waals surface area (Å²) in [6.07, 6.45) is -1.05. The highest BCUT2D eigenvalue weighted by Crippen LogP contribution is 2.32. The minimum Gasteiger partial charge on any atom is -0.462 e. The summed E-state index contributed by atoms with van der Waals surface area (Å²) in [6, 6.07) is 4.65. The molecule has 1 atom stereocenters. The topological polar surface area (TPSA) is 104 Å². The number of H-pyrrole nitrogens is 1. The van der Waals surface area contributed by atoms with Gasteiger partial charge in [0.05, 0.1) is 23.4 Å². The summed E-state index contributed by atoms with van der Waals surface area (Å²) in [5, 5.41) is 0. The number of carbonyl (C=O) groups is 3. The van der Waals surface area contributed by atoms with Crippen LogP contribution in [0.15, 0.2) is 18.2 Å². The number of esters is 2. The molecule has 148 valence electrons. The molecule has 0 aliphatic carbocycles. The molecule has 0 spiro atoms. The molecule has 0 fully saturated rings. The third-order valence-electron chi connectivity index (χ3n) is 4.42. The largest absolute Gasteiger partial charge is 0.462 e. The van der Waals surface area contributed by atoms with Crippen molar-refractivity contribution in [2.75, 3.05) is 13.4 Å². The maximum Gasteiger partial charge on any atom is 0.340 e. The van der Waals surface area contributed by atoms with E-state index in [4.69, 9.17) is 18.9 Å². The summed E-state index contributed by atoms with van der Waals surface area (Å²) in [5.41, 5.74) is 1.77. The van der Waals surface area contributed by atoms with E-state index in [0.717, 1.165) is 0 Å². The Hall–Kier alpha value is -3.29. The molecule has 8 nitrogen and oxygen atoms in total. The summed E-state index contributed by atoms with van der Waals surface area (Å²) in [4.78, 5) is 40.1. The fourth-order valence-electron chi connectivity index (χ4n) is 3.01. The fraction of sp³-hybridized carbons (Fsp3) is 0.350. The Morgan fingerprint density at radius 1 is 1.14 bits per heavy atom. The van der Waals surface area contributed by atoms with Crippen molar-refractivity contribution in [3.63, 3.8) is 0 Å². The van der Waals surface area contributed by atoms with Gasteiger partial charge >= 0.3 is 11.9 Å². The number of fused-ring (bicyclic) bond motifs is 1. The number of hydrogen-bond acceptors (Lipinski definition) is 7. The van der Waals surface area contributed by atoms with E-state index in [1.807, 2.05) is 0 Å². The Labute approximate surface area is 161 Å². The van der Waals surface area contributed by atoms with Gasteiger partial charge in [-0.05, 0) is 51.5 Å². The van der Waals surface area contributed by atoms with E-state index in [1.54, 1.807) is 26.8 Å². The molecule has 28 heavy (non-hydrogen) atoms. The molecule has 1 N–H and O–H groups in total. The number of nitrogens with one attached hydrogen (secondary N) is 1. The van der Waals surface area contributed by atoms with Gasteiger partial charge in [-0.15, -0.1) is 0 Å². The van der Waals surface area contributed by atoms with Crippen molar-refractivity contribution in [2.45, 2.75) is 33.8 Å². The molecule has 0 unspecified atom stereocenters. The van der Waals surface area contributed by atoms with Crippen molar-refractivity contribution in [2.24, 2.45) is 0 Å². The first-order valence-electron chi connectivity index (χ1n) is 8.84. The van der Waals surface area contributed by atoms with Crippen LogP contribution in [0.2, 0.25) is 0 Å². The van der Waals surface area contributed by atoms with Crippen LogP contribution in [0.3, 0.4) is 0 Å². The Bertz CT molecular complexity index is 944. The maximum atomic E-state index is 12.8. The van der Waals surface area contributed by atoms with Gasteiger partial charge in [-0.2, -0.15) is 0 Å². The highest BCUT2D eigenvalue weighted by molar-refractivity contribution is 6.04. The van der Waals surface area contributed by atoms with E-state index in [0.29, 0.717) is 28.3 Å². The Balaban J connectivity index is 1.75. The average Bonchev–Trinajstić information content (AvgIpc) is 3.24. The van der Waals surface area contributed by atoms with E-state index in [1.165, 1.54) is 19.1 Å². The maximum absolute atomic E-state index is 12.8. The van der Waals surface area contributed by atoms with E-state index in [9.17, 15) is 14.4 Å². The van der Waals surface area contributed by atoms with Crippen LogP contribution < -0.4 is 9.47 Å². The van der Waals surface area contributed by atoms with Gasteiger partial charge in [0.1, 0.15) is 0 Å². The number of aromatic nitrogens is 1. The number of carbonyl (C=O) groups excluding carboxylic acids is 3. The number of hydrogen-bond donors (Lipinski definition) is 1. The smallest absolute Gasteiger partial charge is 0.340 e. The summed E-state index contributed by atoms with van der Waals surface area (Å²) < 4.78 is 20.8. The molecule has 1 aliphatic heterocycles. The van der Waals surface area contributed by atoms with Gasteiger partial charge in [0, 0.05) is 5.69 Å². The van der Waals surface area contributed by atoms with Crippen molar-refractivity contribution >= 4 is 17.7 Å². The SMILES string of the molecule is CCOC(=O)c1c(C)[nH]c(C(=O)[C@H](C)OC(=O)c2ccc3c(c2)OCO3)c1C. The van der Waals surface area contributed by atoms with Crippen LogP contribution >= 0.6 is 0 Å². The van der Waals surface area contributed by atoms with Crippen LogP contribution in [0.25, 0.3) is 0 Å². The molecule has 0 saturated heterocycles. The second-order valence-electron chi connectivity index (χ2n) is 6.33. The first kappa shape index (κ1) is 19.5. The van der Waals surface area contributed by atoms with Crippen molar-refractivity contribution in [3.05, 3.63) is 46.3 Å². The molecule has 3 rings (SSSR count). The van der Waals surface area contributed by atoms with Gasteiger partial charge in [0.15, 0.2) is 17.6 Å². The Morgan fingerprint density at radius 3 is 2.57 bits per heavy atom.